The molecule has 0 aromatic heterocycles. The second-order valence-electron chi connectivity index (χ2n) is 5.35. The average Bonchev–Trinajstić information content (AvgIpc) is 2.47. The van der Waals surface area contributed by atoms with Gasteiger partial charge in [-0.05, 0) is 12.8 Å². The monoisotopic (exact) mass is 292 g/mol. The summed E-state index contributed by atoms with van der Waals surface area (Å²) in [4.78, 5) is 0. The summed E-state index contributed by atoms with van der Waals surface area (Å²) in [5, 5.41) is 9.10. The topological polar surface area (TPSA) is 70.1 Å². The summed E-state index contributed by atoms with van der Waals surface area (Å²) >= 11 is 0. The molecular formula is C12H24N2O4S. The highest BCUT2D eigenvalue weighted by molar-refractivity contribution is 7.86. The highest BCUT2D eigenvalue weighted by atomic mass is 32.2. The Bertz CT molecular complexity index is 373. The third kappa shape index (κ3) is 3.46. The molecule has 112 valence electrons. The maximum atomic E-state index is 12.6. The van der Waals surface area contributed by atoms with Gasteiger partial charge in [0.2, 0.25) is 0 Å². The Balaban J connectivity index is 2.03. The van der Waals surface area contributed by atoms with Gasteiger partial charge in [0.25, 0.3) is 10.2 Å². The fourth-order valence-corrected chi connectivity index (χ4v) is 4.44. The third-order valence-electron chi connectivity index (χ3n) is 4.08. The SMILES string of the molecule is CN(C1CCCCC1)S(=O)(=O)N1CCOC(CO)C1. The molecule has 0 aromatic rings. The molecule has 0 amide bonds. The Labute approximate surface area is 115 Å². The Hall–Kier alpha value is -0.210. The van der Waals surface area contributed by atoms with Crippen molar-refractivity contribution in [3.63, 3.8) is 0 Å². The lowest BCUT2D eigenvalue weighted by molar-refractivity contribution is -0.0319. The van der Waals surface area contributed by atoms with Gasteiger partial charge in [-0.3, -0.25) is 0 Å². The standard InChI is InChI=1S/C12H24N2O4S/c1-13(11-5-3-2-4-6-11)19(16,17)14-7-8-18-12(9-14)10-15/h11-12,15H,2-10H2,1H3. The van der Waals surface area contributed by atoms with Crippen molar-refractivity contribution in [3.8, 4) is 0 Å². The summed E-state index contributed by atoms with van der Waals surface area (Å²) in [6.07, 6.45) is 4.91. The van der Waals surface area contributed by atoms with E-state index in [-0.39, 0.29) is 19.2 Å². The number of aliphatic hydroxyl groups is 1. The zero-order valence-corrected chi connectivity index (χ0v) is 12.3. The van der Waals surface area contributed by atoms with Gasteiger partial charge in [0, 0.05) is 26.2 Å². The zero-order valence-electron chi connectivity index (χ0n) is 11.5. The van der Waals surface area contributed by atoms with Crippen LogP contribution in [0.25, 0.3) is 0 Å². The molecule has 6 nitrogen and oxygen atoms in total. The molecule has 1 aliphatic heterocycles. The van der Waals surface area contributed by atoms with Gasteiger partial charge in [0.1, 0.15) is 0 Å². The summed E-state index contributed by atoms with van der Waals surface area (Å²) in [6.45, 7) is 0.827. The van der Waals surface area contributed by atoms with Crippen molar-refractivity contribution in [2.45, 2.75) is 44.2 Å². The van der Waals surface area contributed by atoms with Crippen LogP contribution in [0.15, 0.2) is 0 Å². The van der Waals surface area contributed by atoms with E-state index in [4.69, 9.17) is 9.84 Å². The molecule has 2 rings (SSSR count). The van der Waals surface area contributed by atoms with Gasteiger partial charge in [-0.15, -0.1) is 0 Å². The molecule has 1 aliphatic carbocycles. The van der Waals surface area contributed by atoms with Crippen LogP contribution in [-0.4, -0.2) is 67.6 Å². The van der Waals surface area contributed by atoms with Crippen molar-refractivity contribution in [2.24, 2.45) is 0 Å². The normalized spacial score (nSPS) is 27.8. The first-order chi connectivity index (χ1) is 9.05. The van der Waals surface area contributed by atoms with Gasteiger partial charge in [-0.2, -0.15) is 17.0 Å². The summed E-state index contributed by atoms with van der Waals surface area (Å²) < 4.78 is 33.4. The predicted octanol–water partition coefficient (Wildman–Crippen LogP) is 0.189. The molecule has 1 saturated heterocycles. The van der Waals surface area contributed by atoms with Crippen LogP contribution in [0.1, 0.15) is 32.1 Å². The van der Waals surface area contributed by atoms with Crippen LogP contribution < -0.4 is 0 Å². The summed E-state index contributed by atoms with van der Waals surface area (Å²) in [5.74, 6) is 0. The van der Waals surface area contributed by atoms with Crippen LogP contribution >= 0.6 is 0 Å². The smallest absolute Gasteiger partial charge is 0.282 e. The van der Waals surface area contributed by atoms with Crippen molar-refractivity contribution in [2.75, 3.05) is 33.4 Å². The molecule has 2 fully saturated rings. The minimum Gasteiger partial charge on any atom is -0.394 e. The van der Waals surface area contributed by atoms with Crippen LogP contribution in [0.2, 0.25) is 0 Å². The zero-order chi connectivity index (χ0) is 13.9. The lowest BCUT2D eigenvalue weighted by atomic mass is 9.96. The van der Waals surface area contributed by atoms with Crippen LogP contribution in [0.4, 0.5) is 0 Å². The maximum absolute atomic E-state index is 12.6. The second-order valence-corrected chi connectivity index (χ2v) is 7.34. The van der Waals surface area contributed by atoms with Crippen molar-refractivity contribution in [1.82, 2.24) is 8.61 Å². The number of rotatable bonds is 4. The molecule has 19 heavy (non-hydrogen) atoms. The fraction of sp³-hybridized carbons (Fsp3) is 1.00. The Morgan fingerprint density at radius 3 is 2.63 bits per heavy atom. The largest absolute Gasteiger partial charge is 0.394 e. The first-order valence-electron chi connectivity index (χ1n) is 7.01. The van der Waals surface area contributed by atoms with E-state index in [1.165, 1.54) is 15.0 Å². The Morgan fingerprint density at radius 2 is 2.00 bits per heavy atom. The molecule has 0 aromatic carbocycles. The molecule has 1 heterocycles. The molecule has 1 atom stereocenters. The van der Waals surface area contributed by atoms with E-state index in [9.17, 15) is 8.42 Å². The van der Waals surface area contributed by atoms with Crippen molar-refractivity contribution in [1.29, 1.82) is 0 Å². The molecule has 1 N–H and O–H groups in total. The van der Waals surface area contributed by atoms with Crippen LogP contribution in [-0.2, 0) is 14.9 Å². The molecule has 7 heteroatoms. The Morgan fingerprint density at radius 1 is 1.32 bits per heavy atom. The molecule has 1 saturated carbocycles. The fourth-order valence-electron chi connectivity index (χ4n) is 2.83. The number of morpholine rings is 1. The number of hydrogen-bond acceptors (Lipinski definition) is 4. The Kier molecular flexibility index (Phi) is 5.19. The first kappa shape index (κ1) is 15.2. The lowest BCUT2D eigenvalue weighted by Crippen LogP contribution is -2.53. The molecule has 0 bridgehead atoms. The van der Waals surface area contributed by atoms with E-state index in [1.807, 2.05) is 0 Å². The van der Waals surface area contributed by atoms with Crippen LogP contribution in [0.5, 0.6) is 0 Å². The highest BCUT2D eigenvalue weighted by Gasteiger charge is 2.35. The van der Waals surface area contributed by atoms with Gasteiger partial charge >= 0.3 is 0 Å². The minimum absolute atomic E-state index is 0.120. The van der Waals surface area contributed by atoms with Gasteiger partial charge in [0.15, 0.2) is 0 Å². The number of nitrogens with zero attached hydrogens (tertiary/aromatic N) is 2. The molecule has 1 unspecified atom stereocenters. The summed E-state index contributed by atoms with van der Waals surface area (Å²) in [7, 11) is -1.75. The highest BCUT2D eigenvalue weighted by Crippen LogP contribution is 2.25. The lowest BCUT2D eigenvalue weighted by Gasteiger charge is -2.37. The quantitative estimate of drug-likeness (QED) is 0.803. The molecule has 0 spiro atoms. The van der Waals surface area contributed by atoms with Crippen LogP contribution in [0, 0.1) is 0 Å². The summed E-state index contributed by atoms with van der Waals surface area (Å²) in [5.41, 5.74) is 0. The molecular weight excluding hydrogens is 268 g/mol. The van der Waals surface area contributed by atoms with Gasteiger partial charge < -0.3 is 9.84 Å². The van der Waals surface area contributed by atoms with E-state index in [2.05, 4.69) is 0 Å². The van der Waals surface area contributed by atoms with Crippen LogP contribution in [0.3, 0.4) is 0 Å². The summed E-state index contributed by atoms with van der Waals surface area (Å²) in [6, 6.07) is 0.120. The van der Waals surface area contributed by atoms with Crippen molar-refractivity contribution >= 4 is 10.2 Å². The van der Waals surface area contributed by atoms with Crippen molar-refractivity contribution < 1.29 is 18.3 Å². The van der Waals surface area contributed by atoms with E-state index >= 15 is 0 Å². The minimum atomic E-state index is -3.43. The third-order valence-corrected chi connectivity index (χ3v) is 6.09. The number of aliphatic hydroxyl groups excluding tert-OH is 1. The number of ether oxygens (including phenoxy) is 1. The predicted molar refractivity (Wildman–Crippen MR) is 72.0 cm³/mol. The average molecular weight is 292 g/mol. The van der Waals surface area contributed by atoms with Gasteiger partial charge in [-0.1, -0.05) is 19.3 Å². The second kappa shape index (κ2) is 6.49. The maximum Gasteiger partial charge on any atom is 0.282 e. The van der Waals surface area contributed by atoms with E-state index < -0.39 is 16.3 Å². The first-order valence-corrected chi connectivity index (χ1v) is 8.41. The number of hydrogen-bond donors (Lipinski definition) is 1. The van der Waals surface area contributed by atoms with E-state index in [0.717, 1.165) is 25.7 Å². The van der Waals surface area contributed by atoms with Gasteiger partial charge in [0.05, 0.1) is 19.3 Å². The van der Waals surface area contributed by atoms with E-state index in [0.29, 0.717) is 13.2 Å². The van der Waals surface area contributed by atoms with E-state index in [1.54, 1.807) is 7.05 Å². The van der Waals surface area contributed by atoms with Gasteiger partial charge in [-0.25, -0.2) is 0 Å². The molecule has 0 radical (unpaired) electrons. The van der Waals surface area contributed by atoms with Crippen molar-refractivity contribution in [3.05, 3.63) is 0 Å². The molecule has 2 aliphatic rings.